The normalized spacial score (nSPS) is 13.7. The molecule has 106 valence electrons. The molecule has 0 aliphatic carbocycles. The number of benzene rings is 1. The number of rotatable bonds is 7. The van der Waals surface area contributed by atoms with Crippen molar-refractivity contribution >= 4 is 5.97 Å². The minimum absolute atomic E-state index is 0.326. The molecule has 5 heteroatoms. The molecule has 0 aliphatic heterocycles. The van der Waals surface area contributed by atoms with Crippen molar-refractivity contribution < 1.29 is 19.4 Å². The van der Waals surface area contributed by atoms with Gasteiger partial charge in [-0.25, -0.2) is 0 Å². The lowest BCUT2D eigenvalue weighted by atomic mass is 9.90. The lowest BCUT2D eigenvalue weighted by molar-refractivity contribution is -0.143. The van der Waals surface area contributed by atoms with Gasteiger partial charge in [0, 0.05) is 11.6 Å². The van der Waals surface area contributed by atoms with E-state index in [1.165, 1.54) is 0 Å². The Morgan fingerprint density at radius 2 is 2.05 bits per heavy atom. The van der Waals surface area contributed by atoms with Crippen molar-refractivity contribution in [3.8, 4) is 11.5 Å². The number of hydrogen-bond donors (Lipinski definition) is 2. The van der Waals surface area contributed by atoms with Gasteiger partial charge in [0.25, 0.3) is 0 Å². The molecular weight excluding hydrogens is 246 g/mol. The van der Waals surface area contributed by atoms with Crippen molar-refractivity contribution in [1.29, 1.82) is 0 Å². The van der Waals surface area contributed by atoms with E-state index in [0.717, 1.165) is 5.56 Å². The van der Waals surface area contributed by atoms with E-state index < -0.39 is 11.9 Å². The maximum atomic E-state index is 11.3. The van der Waals surface area contributed by atoms with Gasteiger partial charge in [0.1, 0.15) is 11.5 Å². The van der Waals surface area contributed by atoms with Crippen molar-refractivity contribution in [1.82, 2.24) is 5.32 Å². The summed E-state index contributed by atoms with van der Waals surface area (Å²) in [5.41, 5.74) is 0.790. The molecule has 0 bridgehead atoms. The van der Waals surface area contributed by atoms with Crippen LogP contribution in [0.4, 0.5) is 0 Å². The fraction of sp³-hybridized carbons (Fsp3) is 0.500. The zero-order valence-electron chi connectivity index (χ0n) is 11.8. The number of carbonyl (C=O) groups is 1. The number of hydrogen-bond acceptors (Lipinski definition) is 4. The molecular formula is C14H21NO4. The summed E-state index contributed by atoms with van der Waals surface area (Å²) in [6.07, 6.45) is 0.529. The second-order valence-corrected chi connectivity index (χ2v) is 4.23. The largest absolute Gasteiger partial charge is 0.497 e. The van der Waals surface area contributed by atoms with Gasteiger partial charge in [-0.1, -0.05) is 6.92 Å². The van der Waals surface area contributed by atoms with Gasteiger partial charge in [-0.05, 0) is 31.7 Å². The van der Waals surface area contributed by atoms with Crippen LogP contribution in [0.3, 0.4) is 0 Å². The number of nitrogens with one attached hydrogen (secondary N) is 1. The topological polar surface area (TPSA) is 67.8 Å². The molecule has 2 N–H and O–H groups in total. The van der Waals surface area contributed by atoms with Gasteiger partial charge in [0.05, 0.1) is 20.1 Å². The predicted octanol–water partition coefficient (Wildman–Crippen LogP) is 2.08. The number of ether oxygens (including phenoxy) is 2. The molecule has 1 aromatic carbocycles. The molecule has 0 aliphatic rings. The highest BCUT2D eigenvalue weighted by Crippen LogP contribution is 2.34. The SMILES string of the molecule is CCC(C(=O)O)C(NC)c1cc(OC)ccc1OC. The molecule has 1 aromatic rings. The monoisotopic (exact) mass is 267 g/mol. The summed E-state index contributed by atoms with van der Waals surface area (Å²) >= 11 is 0. The number of carboxylic acid groups (broad SMARTS) is 1. The van der Waals surface area contributed by atoms with Crippen molar-refractivity contribution in [3.63, 3.8) is 0 Å². The molecule has 0 saturated heterocycles. The standard InChI is InChI=1S/C14H21NO4/c1-5-10(14(16)17)13(15-2)11-8-9(18-3)6-7-12(11)19-4/h6-8,10,13,15H,5H2,1-4H3,(H,16,17). The van der Waals surface area contributed by atoms with Crippen molar-refractivity contribution in [2.75, 3.05) is 21.3 Å². The predicted molar refractivity (Wildman–Crippen MR) is 72.8 cm³/mol. The summed E-state index contributed by atoms with van der Waals surface area (Å²) in [5.74, 6) is -0.0196. The summed E-state index contributed by atoms with van der Waals surface area (Å²) < 4.78 is 10.5. The van der Waals surface area contributed by atoms with Crippen LogP contribution in [-0.2, 0) is 4.79 Å². The summed E-state index contributed by atoms with van der Waals surface area (Å²) in [4.78, 5) is 11.3. The fourth-order valence-corrected chi connectivity index (χ4v) is 2.21. The number of aliphatic carboxylic acids is 1. The first-order chi connectivity index (χ1) is 9.08. The smallest absolute Gasteiger partial charge is 0.308 e. The second-order valence-electron chi connectivity index (χ2n) is 4.23. The van der Waals surface area contributed by atoms with E-state index in [-0.39, 0.29) is 6.04 Å². The Kier molecular flexibility index (Phi) is 5.63. The Hall–Kier alpha value is -1.75. The first-order valence-electron chi connectivity index (χ1n) is 6.21. The zero-order chi connectivity index (χ0) is 14.4. The van der Waals surface area contributed by atoms with E-state index >= 15 is 0 Å². The summed E-state index contributed by atoms with van der Waals surface area (Å²) in [6, 6.07) is 5.06. The van der Waals surface area contributed by atoms with E-state index in [9.17, 15) is 9.90 Å². The van der Waals surface area contributed by atoms with Crippen LogP contribution >= 0.6 is 0 Å². The van der Waals surface area contributed by atoms with Crippen LogP contribution in [0, 0.1) is 5.92 Å². The Labute approximate surface area is 113 Å². The molecule has 5 nitrogen and oxygen atoms in total. The molecule has 2 unspecified atom stereocenters. The first-order valence-corrected chi connectivity index (χ1v) is 6.21. The Morgan fingerprint density at radius 3 is 2.47 bits per heavy atom. The van der Waals surface area contributed by atoms with E-state index in [0.29, 0.717) is 17.9 Å². The number of methoxy groups -OCH3 is 2. The van der Waals surface area contributed by atoms with E-state index in [1.54, 1.807) is 33.4 Å². The maximum absolute atomic E-state index is 11.3. The molecule has 0 aromatic heterocycles. The van der Waals surface area contributed by atoms with Gasteiger partial charge in [-0.3, -0.25) is 4.79 Å². The van der Waals surface area contributed by atoms with E-state index in [2.05, 4.69) is 5.32 Å². The Morgan fingerprint density at radius 1 is 1.37 bits per heavy atom. The molecule has 0 fully saturated rings. The van der Waals surface area contributed by atoms with Crippen LogP contribution in [0.15, 0.2) is 18.2 Å². The third-order valence-electron chi connectivity index (χ3n) is 3.24. The molecule has 0 saturated carbocycles. The van der Waals surface area contributed by atoms with Gasteiger partial charge >= 0.3 is 5.97 Å². The van der Waals surface area contributed by atoms with Crippen molar-refractivity contribution in [2.24, 2.45) is 5.92 Å². The van der Waals surface area contributed by atoms with Gasteiger partial charge in [-0.15, -0.1) is 0 Å². The van der Waals surface area contributed by atoms with Crippen LogP contribution in [0.25, 0.3) is 0 Å². The number of carboxylic acids is 1. The summed E-state index contributed by atoms with van der Waals surface area (Å²) in [7, 11) is 4.89. The second kappa shape index (κ2) is 6.99. The van der Waals surface area contributed by atoms with Crippen LogP contribution in [0.5, 0.6) is 11.5 Å². The van der Waals surface area contributed by atoms with Gasteiger partial charge in [-0.2, -0.15) is 0 Å². The minimum atomic E-state index is -0.827. The van der Waals surface area contributed by atoms with Gasteiger partial charge in [0.15, 0.2) is 0 Å². The lowest BCUT2D eigenvalue weighted by Crippen LogP contribution is -2.30. The Balaban J connectivity index is 3.25. The molecule has 1 rings (SSSR count). The van der Waals surface area contributed by atoms with Crippen LogP contribution in [0.2, 0.25) is 0 Å². The molecule has 19 heavy (non-hydrogen) atoms. The molecule has 0 heterocycles. The average Bonchev–Trinajstić information content (AvgIpc) is 2.43. The third kappa shape index (κ3) is 3.38. The molecule has 0 amide bonds. The minimum Gasteiger partial charge on any atom is -0.497 e. The Bertz CT molecular complexity index is 433. The van der Waals surface area contributed by atoms with Crippen LogP contribution in [-0.4, -0.2) is 32.3 Å². The van der Waals surface area contributed by atoms with Crippen molar-refractivity contribution in [3.05, 3.63) is 23.8 Å². The highest BCUT2D eigenvalue weighted by Gasteiger charge is 2.29. The molecule has 0 spiro atoms. The first kappa shape index (κ1) is 15.3. The third-order valence-corrected chi connectivity index (χ3v) is 3.24. The van der Waals surface area contributed by atoms with E-state index in [1.807, 2.05) is 13.0 Å². The van der Waals surface area contributed by atoms with Gasteiger partial charge < -0.3 is 19.9 Å². The maximum Gasteiger partial charge on any atom is 0.308 e. The van der Waals surface area contributed by atoms with E-state index in [4.69, 9.17) is 9.47 Å². The van der Waals surface area contributed by atoms with Crippen LogP contribution < -0.4 is 14.8 Å². The van der Waals surface area contributed by atoms with Crippen molar-refractivity contribution in [2.45, 2.75) is 19.4 Å². The lowest BCUT2D eigenvalue weighted by Gasteiger charge is -2.25. The highest BCUT2D eigenvalue weighted by atomic mass is 16.5. The molecule has 2 atom stereocenters. The zero-order valence-corrected chi connectivity index (χ0v) is 11.8. The average molecular weight is 267 g/mol. The highest BCUT2D eigenvalue weighted by molar-refractivity contribution is 5.71. The fourth-order valence-electron chi connectivity index (χ4n) is 2.21. The summed E-state index contributed by atoms with van der Waals surface area (Å²) in [5, 5.41) is 12.4. The quantitative estimate of drug-likeness (QED) is 0.791. The summed E-state index contributed by atoms with van der Waals surface area (Å²) in [6.45, 7) is 1.86. The molecule has 0 radical (unpaired) electrons. The van der Waals surface area contributed by atoms with Gasteiger partial charge in [0.2, 0.25) is 0 Å². The van der Waals surface area contributed by atoms with Crippen LogP contribution in [0.1, 0.15) is 24.9 Å².